The Bertz CT molecular complexity index is 517. The molecule has 0 spiro atoms. The number of nitrogens with zero attached hydrogens (tertiary/aromatic N) is 2. The average Bonchev–Trinajstić information content (AvgIpc) is 2.38. The lowest BCUT2D eigenvalue weighted by Gasteiger charge is -2.26. The summed E-state index contributed by atoms with van der Waals surface area (Å²) >= 11 is 0. The fourth-order valence-electron chi connectivity index (χ4n) is 1.72. The van der Waals surface area contributed by atoms with Crippen LogP contribution in [0.1, 0.15) is 5.56 Å². The molecule has 0 fully saturated rings. The third-order valence-corrected chi connectivity index (χ3v) is 2.60. The molecule has 0 aliphatic heterocycles. The largest absolute Gasteiger partial charge is 0.480 e. The van der Waals surface area contributed by atoms with E-state index in [2.05, 4.69) is 0 Å². The van der Waals surface area contributed by atoms with Gasteiger partial charge in [-0.1, -0.05) is 12.1 Å². The van der Waals surface area contributed by atoms with Crippen LogP contribution in [-0.2, 0) is 16.1 Å². The SMILES string of the molecule is CN(Cc1ccc(F)cc1)C(=O)N(CC(N)=O)CC(=O)O. The van der Waals surface area contributed by atoms with Gasteiger partial charge in [0.25, 0.3) is 0 Å². The normalized spacial score (nSPS) is 10.0. The maximum absolute atomic E-state index is 12.8. The average molecular weight is 297 g/mol. The molecular formula is C13H16FN3O4. The lowest BCUT2D eigenvalue weighted by molar-refractivity contribution is -0.138. The highest BCUT2D eigenvalue weighted by Gasteiger charge is 2.22. The van der Waals surface area contributed by atoms with E-state index in [4.69, 9.17) is 10.8 Å². The van der Waals surface area contributed by atoms with Gasteiger partial charge in [0.15, 0.2) is 0 Å². The fraction of sp³-hybridized carbons (Fsp3) is 0.308. The van der Waals surface area contributed by atoms with Crippen LogP contribution in [0.25, 0.3) is 0 Å². The number of halogens is 1. The van der Waals surface area contributed by atoms with Crippen LogP contribution in [-0.4, -0.2) is 53.0 Å². The van der Waals surface area contributed by atoms with E-state index >= 15 is 0 Å². The van der Waals surface area contributed by atoms with Crippen LogP contribution in [0.5, 0.6) is 0 Å². The molecule has 3 amide bonds. The van der Waals surface area contributed by atoms with Crippen LogP contribution in [0.4, 0.5) is 9.18 Å². The molecule has 0 aromatic heterocycles. The van der Waals surface area contributed by atoms with Crippen LogP contribution in [0.15, 0.2) is 24.3 Å². The molecule has 0 bridgehead atoms. The van der Waals surface area contributed by atoms with Crippen molar-refractivity contribution in [1.82, 2.24) is 9.80 Å². The second-order valence-corrected chi connectivity index (χ2v) is 4.48. The quantitative estimate of drug-likeness (QED) is 0.785. The smallest absolute Gasteiger partial charge is 0.323 e. The standard InChI is InChI=1S/C13H16FN3O4/c1-16(6-9-2-4-10(14)5-3-9)13(21)17(7-11(15)18)8-12(19)20/h2-5H,6-8H2,1H3,(H2,15,18)(H,19,20). The van der Waals surface area contributed by atoms with E-state index in [-0.39, 0.29) is 6.54 Å². The highest BCUT2D eigenvalue weighted by atomic mass is 19.1. The Kier molecular flexibility index (Phi) is 5.65. The molecule has 0 radical (unpaired) electrons. The number of carbonyl (C=O) groups is 3. The number of carboxylic acid groups (broad SMARTS) is 1. The van der Waals surface area contributed by atoms with Crippen molar-refractivity contribution in [3.05, 3.63) is 35.6 Å². The molecule has 8 heteroatoms. The Morgan fingerprint density at radius 2 is 1.76 bits per heavy atom. The zero-order valence-corrected chi connectivity index (χ0v) is 11.5. The van der Waals surface area contributed by atoms with Gasteiger partial charge in [-0.25, -0.2) is 9.18 Å². The van der Waals surface area contributed by atoms with Gasteiger partial charge in [-0.15, -0.1) is 0 Å². The van der Waals surface area contributed by atoms with Crippen molar-refractivity contribution in [2.45, 2.75) is 6.54 Å². The first-order chi connectivity index (χ1) is 9.79. The highest BCUT2D eigenvalue weighted by molar-refractivity contribution is 5.85. The first-order valence-electron chi connectivity index (χ1n) is 6.04. The van der Waals surface area contributed by atoms with Crippen molar-refractivity contribution in [1.29, 1.82) is 0 Å². The molecule has 3 N–H and O–H groups in total. The number of aliphatic carboxylic acids is 1. The highest BCUT2D eigenvalue weighted by Crippen LogP contribution is 2.07. The minimum atomic E-state index is -1.25. The van der Waals surface area contributed by atoms with Crippen molar-refractivity contribution < 1.29 is 23.9 Å². The molecule has 1 rings (SSSR count). The second-order valence-electron chi connectivity index (χ2n) is 4.48. The maximum atomic E-state index is 12.8. The predicted molar refractivity (Wildman–Crippen MR) is 71.7 cm³/mol. The van der Waals surface area contributed by atoms with Gasteiger partial charge in [0.1, 0.15) is 18.9 Å². The molecular weight excluding hydrogens is 281 g/mol. The summed E-state index contributed by atoms with van der Waals surface area (Å²) < 4.78 is 12.8. The topological polar surface area (TPSA) is 104 Å². The zero-order chi connectivity index (χ0) is 16.0. The summed E-state index contributed by atoms with van der Waals surface area (Å²) in [6.07, 6.45) is 0. The number of benzene rings is 1. The van der Waals surface area contributed by atoms with Gasteiger partial charge in [0, 0.05) is 13.6 Å². The van der Waals surface area contributed by atoms with Crippen LogP contribution < -0.4 is 5.73 Å². The molecule has 1 aromatic carbocycles. The number of rotatable bonds is 6. The first kappa shape index (κ1) is 16.4. The van der Waals surface area contributed by atoms with E-state index in [1.54, 1.807) is 0 Å². The van der Waals surface area contributed by atoms with E-state index < -0.39 is 36.8 Å². The van der Waals surface area contributed by atoms with Gasteiger partial charge in [0.2, 0.25) is 5.91 Å². The molecule has 7 nitrogen and oxygen atoms in total. The summed E-state index contributed by atoms with van der Waals surface area (Å²) in [6.45, 7) is -0.970. The summed E-state index contributed by atoms with van der Waals surface area (Å²) in [7, 11) is 1.45. The van der Waals surface area contributed by atoms with Gasteiger partial charge in [0.05, 0.1) is 0 Å². The maximum Gasteiger partial charge on any atom is 0.323 e. The molecule has 0 unspecified atom stereocenters. The van der Waals surface area contributed by atoms with E-state index in [0.29, 0.717) is 5.56 Å². The van der Waals surface area contributed by atoms with E-state index in [0.717, 1.165) is 4.90 Å². The number of nitrogens with two attached hydrogens (primary N) is 1. The first-order valence-corrected chi connectivity index (χ1v) is 6.04. The molecule has 0 aliphatic rings. The Balaban J connectivity index is 2.74. The molecule has 0 saturated heterocycles. The van der Waals surface area contributed by atoms with Gasteiger partial charge in [-0.05, 0) is 17.7 Å². The monoisotopic (exact) mass is 297 g/mol. The Hall–Kier alpha value is -2.64. The molecule has 1 aromatic rings. The zero-order valence-electron chi connectivity index (χ0n) is 11.5. The molecule has 0 heterocycles. The number of carbonyl (C=O) groups excluding carboxylic acids is 2. The summed E-state index contributed by atoms with van der Waals surface area (Å²) in [6, 6.07) is 4.88. The number of primary amides is 1. The van der Waals surface area contributed by atoms with Crippen molar-refractivity contribution in [2.24, 2.45) is 5.73 Å². The number of carboxylic acids is 1. The summed E-state index contributed by atoms with van der Waals surface area (Å²) in [5.74, 6) is -2.45. The van der Waals surface area contributed by atoms with Crippen molar-refractivity contribution in [3.63, 3.8) is 0 Å². The Morgan fingerprint density at radius 3 is 2.24 bits per heavy atom. The van der Waals surface area contributed by atoms with Crippen LogP contribution in [0.3, 0.4) is 0 Å². The molecule has 0 atom stereocenters. The minimum absolute atomic E-state index is 0.147. The minimum Gasteiger partial charge on any atom is -0.480 e. The molecule has 21 heavy (non-hydrogen) atoms. The summed E-state index contributed by atoms with van der Waals surface area (Å²) in [4.78, 5) is 35.7. The van der Waals surface area contributed by atoms with Crippen molar-refractivity contribution in [2.75, 3.05) is 20.1 Å². The lowest BCUT2D eigenvalue weighted by atomic mass is 10.2. The molecule has 114 valence electrons. The van der Waals surface area contributed by atoms with Crippen LogP contribution in [0.2, 0.25) is 0 Å². The summed E-state index contributed by atoms with van der Waals surface area (Å²) in [5, 5.41) is 8.74. The van der Waals surface area contributed by atoms with Crippen LogP contribution >= 0.6 is 0 Å². The number of urea groups is 1. The predicted octanol–water partition coefficient (Wildman–Crippen LogP) is 0.249. The van der Waals surface area contributed by atoms with Crippen molar-refractivity contribution >= 4 is 17.9 Å². The Morgan fingerprint density at radius 1 is 1.19 bits per heavy atom. The third kappa shape index (κ3) is 5.47. The fourth-order valence-corrected chi connectivity index (χ4v) is 1.72. The van der Waals surface area contributed by atoms with Gasteiger partial charge in [-0.2, -0.15) is 0 Å². The second kappa shape index (κ2) is 7.22. The van der Waals surface area contributed by atoms with Gasteiger partial charge in [-0.3, -0.25) is 9.59 Å². The van der Waals surface area contributed by atoms with E-state index in [1.165, 1.54) is 36.2 Å². The molecule has 0 aliphatic carbocycles. The summed E-state index contributed by atoms with van der Waals surface area (Å²) in [5.41, 5.74) is 5.66. The van der Waals surface area contributed by atoms with Crippen LogP contribution in [0, 0.1) is 5.82 Å². The number of hydrogen-bond donors (Lipinski definition) is 2. The number of amides is 3. The van der Waals surface area contributed by atoms with Gasteiger partial charge >= 0.3 is 12.0 Å². The van der Waals surface area contributed by atoms with E-state index in [1.807, 2.05) is 0 Å². The van der Waals surface area contributed by atoms with E-state index in [9.17, 15) is 18.8 Å². The lowest BCUT2D eigenvalue weighted by Crippen LogP contribution is -2.47. The third-order valence-electron chi connectivity index (χ3n) is 2.60. The van der Waals surface area contributed by atoms with Crippen molar-refractivity contribution in [3.8, 4) is 0 Å². The molecule has 0 saturated carbocycles. The number of hydrogen-bond acceptors (Lipinski definition) is 3. The van der Waals surface area contributed by atoms with Gasteiger partial charge < -0.3 is 20.6 Å². The Labute approximate surface area is 120 Å².